The molecule has 0 aliphatic carbocycles. The summed E-state index contributed by atoms with van der Waals surface area (Å²) in [4.78, 5) is 0. The van der Waals surface area contributed by atoms with Gasteiger partial charge in [-0.25, -0.2) is 0 Å². The average Bonchev–Trinajstić information content (AvgIpc) is 2.39. The summed E-state index contributed by atoms with van der Waals surface area (Å²) in [5.74, 6) is 0. The Kier molecular flexibility index (Phi) is 2.92. The second kappa shape index (κ2) is 4.53. The largest absolute Gasteiger partial charge is 0.397 e. The molecule has 0 heterocycles. The number of benzene rings is 2. The minimum atomic E-state index is 0.617. The molecule has 0 saturated heterocycles. The van der Waals surface area contributed by atoms with Crippen molar-refractivity contribution in [3.8, 4) is 0 Å². The van der Waals surface area contributed by atoms with Gasteiger partial charge in [0.25, 0.3) is 0 Å². The van der Waals surface area contributed by atoms with Crippen LogP contribution >= 0.6 is 0 Å². The van der Waals surface area contributed by atoms with Crippen molar-refractivity contribution in [1.29, 1.82) is 0 Å². The summed E-state index contributed by atoms with van der Waals surface area (Å²) >= 11 is 0. The maximum absolute atomic E-state index is 6.03. The van der Waals surface area contributed by atoms with Crippen molar-refractivity contribution in [3.05, 3.63) is 71.8 Å². The first-order valence-corrected chi connectivity index (χ1v) is 5.15. The predicted molar refractivity (Wildman–Crippen MR) is 68.1 cm³/mol. The molecular weight excluding hydrogens is 196 g/mol. The first-order valence-electron chi connectivity index (χ1n) is 5.15. The van der Waals surface area contributed by atoms with E-state index in [0.29, 0.717) is 11.4 Å². The Bertz CT molecular complexity index is 439. The standard InChI is InChI=1S/C14H14N2/c15-13(11-7-3-1-4-8-11)14(16)12-9-5-2-6-10-12/h1-10H,15-16H2/b14-13+. The van der Waals surface area contributed by atoms with E-state index in [1.54, 1.807) is 0 Å². The molecule has 0 amide bonds. The van der Waals surface area contributed by atoms with Crippen LogP contribution in [-0.4, -0.2) is 0 Å². The first kappa shape index (κ1) is 10.3. The molecule has 0 saturated carbocycles. The Morgan fingerprint density at radius 1 is 0.562 bits per heavy atom. The van der Waals surface area contributed by atoms with Crippen LogP contribution in [0.4, 0.5) is 0 Å². The Morgan fingerprint density at radius 3 is 1.19 bits per heavy atom. The molecule has 4 N–H and O–H groups in total. The van der Waals surface area contributed by atoms with E-state index in [1.807, 2.05) is 60.7 Å². The summed E-state index contributed by atoms with van der Waals surface area (Å²) in [6.45, 7) is 0. The van der Waals surface area contributed by atoms with Gasteiger partial charge in [0.1, 0.15) is 0 Å². The SMILES string of the molecule is N/C(=C(/N)c1ccccc1)c1ccccc1. The van der Waals surface area contributed by atoms with Gasteiger partial charge in [-0.05, 0) is 11.1 Å². The third kappa shape index (κ3) is 2.06. The van der Waals surface area contributed by atoms with Crippen molar-refractivity contribution >= 4 is 11.4 Å². The van der Waals surface area contributed by atoms with Gasteiger partial charge < -0.3 is 11.5 Å². The topological polar surface area (TPSA) is 52.0 Å². The fraction of sp³-hybridized carbons (Fsp3) is 0. The molecule has 0 aromatic heterocycles. The number of nitrogens with two attached hydrogens (primary N) is 2. The monoisotopic (exact) mass is 210 g/mol. The van der Waals surface area contributed by atoms with E-state index in [-0.39, 0.29) is 0 Å². The zero-order valence-corrected chi connectivity index (χ0v) is 8.93. The lowest BCUT2D eigenvalue weighted by Crippen LogP contribution is -2.07. The lowest BCUT2D eigenvalue weighted by molar-refractivity contribution is 1.45. The predicted octanol–water partition coefficient (Wildman–Crippen LogP) is 2.43. The highest BCUT2D eigenvalue weighted by Crippen LogP contribution is 2.17. The molecular formula is C14H14N2. The van der Waals surface area contributed by atoms with Crippen molar-refractivity contribution in [1.82, 2.24) is 0 Å². The normalized spacial score (nSPS) is 12.0. The van der Waals surface area contributed by atoms with Gasteiger partial charge >= 0.3 is 0 Å². The van der Waals surface area contributed by atoms with Crippen LogP contribution in [0.25, 0.3) is 11.4 Å². The Hall–Kier alpha value is -2.22. The molecule has 2 rings (SSSR count). The van der Waals surface area contributed by atoms with Crippen LogP contribution < -0.4 is 11.5 Å². The van der Waals surface area contributed by atoms with Crippen LogP contribution in [-0.2, 0) is 0 Å². The van der Waals surface area contributed by atoms with Gasteiger partial charge in [0.15, 0.2) is 0 Å². The Morgan fingerprint density at radius 2 is 0.875 bits per heavy atom. The van der Waals surface area contributed by atoms with E-state index >= 15 is 0 Å². The van der Waals surface area contributed by atoms with Crippen LogP contribution in [0.15, 0.2) is 60.7 Å². The minimum absolute atomic E-state index is 0.617. The van der Waals surface area contributed by atoms with Gasteiger partial charge in [-0.1, -0.05) is 60.7 Å². The molecule has 0 bridgehead atoms. The Labute approximate surface area is 95.2 Å². The molecule has 80 valence electrons. The van der Waals surface area contributed by atoms with E-state index in [1.165, 1.54) is 0 Å². The molecule has 0 atom stereocenters. The summed E-state index contributed by atoms with van der Waals surface area (Å²) in [6.07, 6.45) is 0. The minimum Gasteiger partial charge on any atom is -0.397 e. The molecule has 0 aliphatic rings. The lowest BCUT2D eigenvalue weighted by atomic mass is 10.1. The molecule has 2 heteroatoms. The molecule has 0 spiro atoms. The van der Waals surface area contributed by atoms with Crippen LogP contribution in [0.2, 0.25) is 0 Å². The highest BCUT2D eigenvalue weighted by molar-refractivity contribution is 5.87. The lowest BCUT2D eigenvalue weighted by Gasteiger charge is -2.07. The second-order valence-electron chi connectivity index (χ2n) is 3.56. The summed E-state index contributed by atoms with van der Waals surface area (Å²) in [6, 6.07) is 19.5. The molecule has 2 nitrogen and oxygen atoms in total. The quantitative estimate of drug-likeness (QED) is 0.748. The van der Waals surface area contributed by atoms with Gasteiger partial charge in [0.05, 0.1) is 11.4 Å². The van der Waals surface area contributed by atoms with Gasteiger partial charge in [0.2, 0.25) is 0 Å². The van der Waals surface area contributed by atoms with Gasteiger partial charge in [-0.2, -0.15) is 0 Å². The smallest absolute Gasteiger partial charge is 0.0627 e. The molecule has 0 aliphatic heterocycles. The highest BCUT2D eigenvalue weighted by Gasteiger charge is 2.03. The number of hydrogen-bond acceptors (Lipinski definition) is 2. The van der Waals surface area contributed by atoms with Crippen molar-refractivity contribution in [2.75, 3.05) is 0 Å². The van der Waals surface area contributed by atoms with Crippen LogP contribution in [0.3, 0.4) is 0 Å². The third-order valence-electron chi connectivity index (χ3n) is 2.46. The summed E-state index contributed by atoms with van der Waals surface area (Å²) in [5, 5.41) is 0. The zero-order valence-electron chi connectivity index (χ0n) is 8.93. The molecule has 2 aromatic carbocycles. The van der Waals surface area contributed by atoms with Gasteiger partial charge in [-0.15, -0.1) is 0 Å². The summed E-state index contributed by atoms with van der Waals surface area (Å²) in [7, 11) is 0. The summed E-state index contributed by atoms with van der Waals surface area (Å²) < 4.78 is 0. The molecule has 0 fully saturated rings. The van der Waals surface area contributed by atoms with E-state index in [0.717, 1.165) is 11.1 Å². The highest BCUT2D eigenvalue weighted by atomic mass is 14.7. The number of rotatable bonds is 2. The van der Waals surface area contributed by atoms with E-state index in [2.05, 4.69) is 0 Å². The fourth-order valence-electron chi connectivity index (χ4n) is 1.55. The molecule has 2 aromatic rings. The summed E-state index contributed by atoms with van der Waals surface area (Å²) in [5.41, 5.74) is 15.2. The van der Waals surface area contributed by atoms with E-state index in [9.17, 15) is 0 Å². The van der Waals surface area contributed by atoms with Gasteiger partial charge in [-0.3, -0.25) is 0 Å². The first-order chi connectivity index (χ1) is 7.79. The Balaban J connectivity index is 2.43. The second-order valence-corrected chi connectivity index (χ2v) is 3.56. The average molecular weight is 210 g/mol. The van der Waals surface area contributed by atoms with Crippen molar-refractivity contribution in [3.63, 3.8) is 0 Å². The third-order valence-corrected chi connectivity index (χ3v) is 2.46. The van der Waals surface area contributed by atoms with E-state index < -0.39 is 0 Å². The van der Waals surface area contributed by atoms with Crippen LogP contribution in [0.5, 0.6) is 0 Å². The van der Waals surface area contributed by atoms with E-state index in [4.69, 9.17) is 11.5 Å². The maximum Gasteiger partial charge on any atom is 0.0627 e. The van der Waals surface area contributed by atoms with Crippen molar-refractivity contribution < 1.29 is 0 Å². The molecule has 16 heavy (non-hydrogen) atoms. The fourth-order valence-corrected chi connectivity index (χ4v) is 1.55. The number of hydrogen-bond donors (Lipinski definition) is 2. The molecule has 0 unspecified atom stereocenters. The maximum atomic E-state index is 6.03. The van der Waals surface area contributed by atoms with Crippen LogP contribution in [0, 0.1) is 0 Å². The van der Waals surface area contributed by atoms with Crippen LogP contribution in [0.1, 0.15) is 11.1 Å². The van der Waals surface area contributed by atoms with Crippen molar-refractivity contribution in [2.45, 2.75) is 0 Å². The van der Waals surface area contributed by atoms with Crippen molar-refractivity contribution in [2.24, 2.45) is 11.5 Å². The zero-order chi connectivity index (χ0) is 11.4. The molecule has 0 radical (unpaired) electrons. The van der Waals surface area contributed by atoms with Gasteiger partial charge in [0, 0.05) is 0 Å².